The van der Waals surface area contributed by atoms with E-state index in [0.717, 1.165) is 10.8 Å². The van der Waals surface area contributed by atoms with Crippen molar-refractivity contribution < 1.29 is 18.4 Å². The lowest BCUT2D eigenvalue weighted by molar-refractivity contribution is -0.133. The highest BCUT2D eigenvalue weighted by molar-refractivity contribution is 7.92. The minimum atomic E-state index is -3.87. The number of sulfone groups is 1. The third-order valence-electron chi connectivity index (χ3n) is 4.08. The monoisotopic (exact) mass is 357 g/mol. The highest BCUT2D eigenvalue weighted by atomic mass is 32.2. The first-order valence-corrected chi connectivity index (χ1v) is 9.21. The van der Waals surface area contributed by atoms with Gasteiger partial charge in [0.2, 0.25) is 5.91 Å². The Hall–Kier alpha value is -2.62. The van der Waals surface area contributed by atoms with E-state index in [1.54, 1.807) is 12.1 Å². The second-order valence-electron chi connectivity index (χ2n) is 5.61. The Kier molecular flexibility index (Phi) is 5.97. The Morgan fingerprint density at radius 1 is 1.28 bits per heavy atom. The number of hydroxylamine groups is 1. The van der Waals surface area contributed by atoms with Crippen molar-refractivity contribution in [3.8, 4) is 12.3 Å². The summed E-state index contributed by atoms with van der Waals surface area (Å²) in [6.07, 6.45) is 6.63. The summed E-state index contributed by atoms with van der Waals surface area (Å²) in [4.78, 5) is 12.1. The molecule has 0 spiro atoms. The molecule has 2 rings (SSSR count). The van der Waals surface area contributed by atoms with Crippen molar-refractivity contribution in [1.29, 1.82) is 0 Å². The molecule has 0 aliphatic rings. The number of carbonyl (C=O) groups is 1. The van der Waals surface area contributed by atoms with Gasteiger partial charge in [-0.3, -0.25) is 10.0 Å². The minimum Gasteiger partial charge on any atom is -0.289 e. The molecule has 0 saturated heterocycles. The molecule has 25 heavy (non-hydrogen) atoms. The van der Waals surface area contributed by atoms with Gasteiger partial charge < -0.3 is 0 Å². The number of carbonyl (C=O) groups excluding carboxylic acids is 1. The van der Waals surface area contributed by atoms with E-state index >= 15 is 0 Å². The predicted octanol–water partition coefficient (Wildman–Crippen LogP) is 2.70. The maximum atomic E-state index is 13.1. The van der Waals surface area contributed by atoms with Crippen LogP contribution in [0.25, 0.3) is 10.8 Å². The van der Waals surface area contributed by atoms with Crippen LogP contribution >= 0.6 is 0 Å². The number of nitrogens with one attached hydrogen (secondary N) is 1. The number of terminal acetylenes is 1. The molecule has 2 aromatic carbocycles. The summed E-state index contributed by atoms with van der Waals surface area (Å²) < 4.78 is 26.2. The van der Waals surface area contributed by atoms with E-state index in [0.29, 0.717) is 0 Å². The predicted molar refractivity (Wildman–Crippen MR) is 96.6 cm³/mol. The van der Waals surface area contributed by atoms with Crippen LogP contribution in [-0.4, -0.2) is 24.8 Å². The Labute approximate surface area is 147 Å². The molecule has 1 amide bonds. The van der Waals surface area contributed by atoms with E-state index in [1.807, 2.05) is 24.3 Å². The van der Waals surface area contributed by atoms with Gasteiger partial charge in [0, 0.05) is 6.42 Å². The standard InChI is InChI=1S/C19H19NO4S/c1-3-7-17(19(21)20-22)18(8-4-2)25(23,24)16-12-11-14-9-5-6-10-15(14)13-16/h1,4-6,9-13,17-18,22H,2,7-8H2,(H,20,21)/t17-,18?/m0/s1. The van der Waals surface area contributed by atoms with Gasteiger partial charge in [-0.05, 0) is 29.3 Å². The first-order chi connectivity index (χ1) is 12.0. The molecule has 0 saturated carbocycles. The molecule has 0 aliphatic heterocycles. The van der Waals surface area contributed by atoms with E-state index < -0.39 is 26.9 Å². The van der Waals surface area contributed by atoms with Gasteiger partial charge >= 0.3 is 0 Å². The van der Waals surface area contributed by atoms with Crippen LogP contribution in [0.1, 0.15) is 12.8 Å². The number of rotatable bonds is 7. The van der Waals surface area contributed by atoms with Crippen molar-refractivity contribution in [3.05, 3.63) is 55.1 Å². The van der Waals surface area contributed by atoms with Crippen molar-refractivity contribution in [2.24, 2.45) is 5.92 Å². The minimum absolute atomic E-state index is 0.0366. The average Bonchev–Trinajstić information content (AvgIpc) is 2.63. The topological polar surface area (TPSA) is 83.5 Å². The maximum absolute atomic E-state index is 13.1. The van der Waals surface area contributed by atoms with E-state index in [4.69, 9.17) is 11.6 Å². The SMILES string of the molecule is C#CC[C@H](C(=O)NO)C(CC=C)S(=O)(=O)c1ccc2ccccc2c1. The van der Waals surface area contributed by atoms with Crippen molar-refractivity contribution in [1.82, 2.24) is 5.48 Å². The average molecular weight is 357 g/mol. The van der Waals surface area contributed by atoms with Crippen LogP contribution in [0.4, 0.5) is 0 Å². The van der Waals surface area contributed by atoms with Crippen molar-refractivity contribution >= 4 is 26.5 Å². The van der Waals surface area contributed by atoms with Crippen molar-refractivity contribution in [2.75, 3.05) is 0 Å². The summed E-state index contributed by atoms with van der Waals surface area (Å²) in [7, 11) is -3.87. The fraction of sp³-hybridized carbons (Fsp3) is 0.211. The largest absolute Gasteiger partial charge is 0.289 e. The quantitative estimate of drug-likeness (QED) is 0.345. The summed E-state index contributed by atoms with van der Waals surface area (Å²) in [5.74, 6) is 0.400. The van der Waals surface area contributed by atoms with E-state index in [9.17, 15) is 13.2 Å². The lowest BCUT2D eigenvalue weighted by atomic mass is 9.98. The Balaban J connectivity index is 2.55. The number of fused-ring (bicyclic) bond motifs is 1. The van der Waals surface area contributed by atoms with Crippen LogP contribution in [0.2, 0.25) is 0 Å². The van der Waals surface area contributed by atoms with Crippen LogP contribution < -0.4 is 5.48 Å². The summed E-state index contributed by atoms with van der Waals surface area (Å²) in [5, 5.41) is 9.51. The van der Waals surface area contributed by atoms with E-state index in [2.05, 4.69) is 12.5 Å². The maximum Gasteiger partial charge on any atom is 0.248 e. The normalized spacial score (nSPS) is 13.6. The van der Waals surface area contributed by atoms with Gasteiger partial charge in [0.25, 0.3) is 0 Å². The van der Waals surface area contributed by atoms with Crippen LogP contribution in [0, 0.1) is 18.3 Å². The number of allylic oxidation sites excluding steroid dienone is 1. The smallest absolute Gasteiger partial charge is 0.248 e. The summed E-state index contributed by atoms with van der Waals surface area (Å²) in [5.41, 5.74) is 1.51. The van der Waals surface area contributed by atoms with Gasteiger partial charge in [-0.1, -0.05) is 36.4 Å². The second-order valence-corrected chi connectivity index (χ2v) is 7.77. The molecule has 1 unspecified atom stereocenters. The zero-order valence-corrected chi connectivity index (χ0v) is 14.4. The van der Waals surface area contributed by atoms with Gasteiger partial charge in [-0.15, -0.1) is 18.9 Å². The third kappa shape index (κ3) is 3.90. The van der Waals surface area contributed by atoms with Gasteiger partial charge in [0.05, 0.1) is 16.1 Å². The van der Waals surface area contributed by atoms with Crippen molar-refractivity contribution in [3.63, 3.8) is 0 Å². The van der Waals surface area contributed by atoms with Crippen LogP contribution in [0.5, 0.6) is 0 Å². The van der Waals surface area contributed by atoms with Gasteiger partial charge in [0.1, 0.15) is 0 Å². The fourth-order valence-electron chi connectivity index (χ4n) is 2.79. The Bertz CT molecular complexity index is 928. The lowest BCUT2D eigenvalue weighted by Crippen LogP contribution is -2.40. The first-order valence-electron chi connectivity index (χ1n) is 7.66. The molecule has 0 fully saturated rings. The van der Waals surface area contributed by atoms with Gasteiger partial charge in [0.15, 0.2) is 9.84 Å². The molecule has 0 aromatic heterocycles. The number of hydrogen-bond acceptors (Lipinski definition) is 4. The molecule has 2 atom stereocenters. The van der Waals surface area contributed by atoms with Gasteiger partial charge in [-0.2, -0.15) is 0 Å². The van der Waals surface area contributed by atoms with E-state index in [1.165, 1.54) is 17.6 Å². The molecule has 2 N–H and O–H groups in total. The fourth-order valence-corrected chi connectivity index (χ4v) is 4.73. The molecule has 0 bridgehead atoms. The summed E-state index contributed by atoms with van der Waals surface area (Å²) >= 11 is 0. The van der Waals surface area contributed by atoms with Crippen molar-refractivity contribution in [2.45, 2.75) is 23.0 Å². The molecule has 0 radical (unpaired) electrons. The zero-order chi connectivity index (χ0) is 18.4. The molecular formula is C19H19NO4S. The Morgan fingerprint density at radius 3 is 2.56 bits per heavy atom. The molecule has 0 aliphatic carbocycles. The summed E-state index contributed by atoms with van der Waals surface area (Å²) in [6, 6.07) is 12.2. The lowest BCUT2D eigenvalue weighted by Gasteiger charge is -2.23. The molecule has 5 nitrogen and oxygen atoms in total. The molecule has 6 heteroatoms. The second kappa shape index (κ2) is 7.97. The van der Waals surface area contributed by atoms with E-state index in [-0.39, 0.29) is 17.7 Å². The third-order valence-corrected chi connectivity index (χ3v) is 6.31. The number of hydrogen-bond donors (Lipinski definition) is 2. The molecule has 0 heterocycles. The molecule has 2 aromatic rings. The summed E-state index contributed by atoms with van der Waals surface area (Å²) in [6.45, 7) is 3.57. The number of benzene rings is 2. The zero-order valence-electron chi connectivity index (χ0n) is 13.6. The Morgan fingerprint density at radius 2 is 1.96 bits per heavy atom. The van der Waals surface area contributed by atoms with Gasteiger partial charge in [-0.25, -0.2) is 13.9 Å². The highest BCUT2D eigenvalue weighted by Crippen LogP contribution is 2.29. The molecular weight excluding hydrogens is 338 g/mol. The van der Waals surface area contributed by atoms with Crippen LogP contribution in [0.15, 0.2) is 60.0 Å². The molecule has 130 valence electrons. The first kappa shape index (κ1) is 18.7. The van der Waals surface area contributed by atoms with Crippen LogP contribution in [0.3, 0.4) is 0 Å². The number of amides is 1. The van der Waals surface area contributed by atoms with Crippen LogP contribution in [-0.2, 0) is 14.6 Å². The highest BCUT2D eigenvalue weighted by Gasteiger charge is 2.37.